The van der Waals surface area contributed by atoms with Gasteiger partial charge in [-0.1, -0.05) is 12.1 Å². The molecule has 8 heteroatoms. The van der Waals surface area contributed by atoms with Crippen LogP contribution in [0.3, 0.4) is 0 Å². The van der Waals surface area contributed by atoms with E-state index in [0.29, 0.717) is 25.5 Å². The molecule has 1 atom stereocenters. The van der Waals surface area contributed by atoms with E-state index in [2.05, 4.69) is 0 Å². The fraction of sp³-hybridized carbons (Fsp3) is 0.409. The van der Waals surface area contributed by atoms with Crippen molar-refractivity contribution in [3.8, 4) is 17.2 Å². The van der Waals surface area contributed by atoms with Crippen molar-refractivity contribution in [3.05, 3.63) is 57.6 Å². The van der Waals surface area contributed by atoms with Crippen molar-refractivity contribution in [2.75, 3.05) is 26.4 Å². The number of nitrogens with zero attached hydrogens (tertiary/aromatic N) is 2. The highest BCUT2D eigenvalue weighted by Gasteiger charge is 2.31. The Kier molecular flexibility index (Phi) is 5.74. The van der Waals surface area contributed by atoms with Crippen molar-refractivity contribution in [1.29, 1.82) is 0 Å². The average Bonchev–Trinajstić information content (AvgIpc) is 3.10. The van der Waals surface area contributed by atoms with Gasteiger partial charge in [-0.25, -0.2) is 0 Å². The summed E-state index contributed by atoms with van der Waals surface area (Å²) >= 11 is 0. The normalized spacial score (nSPS) is 18.0. The van der Waals surface area contributed by atoms with Crippen molar-refractivity contribution in [1.82, 2.24) is 4.90 Å². The zero-order valence-corrected chi connectivity index (χ0v) is 16.8. The quantitative estimate of drug-likeness (QED) is 0.548. The predicted molar refractivity (Wildman–Crippen MR) is 109 cm³/mol. The minimum atomic E-state index is -0.504. The summed E-state index contributed by atoms with van der Waals surface area (Å²) in [4.78, 5) is 25.4. The summed E-state index contributed by atoms with van der Waals surface area (Å²) in [5.74, 6) is 1.35. The first-order valence-corrected chi connectivity index (χ1v) is 10.1. The third kappa shape index (κ3) is 4.17. The first-order valence-electron chi connectivity index (χ1n) is 10.1. The van der Waals surface area contributed by atoms with Crippen LogP contribution in [0, 0.1) is 17.0 Å². The maximum atomic E-state index is 12.9. The smallest absolute Gasteiger partial charge is 0.310 e. The molecule has 0 aromatic heterocycles. The van der Waals surface area contributed by atoms with Crippen LogP contribution in [0.1, 0.15) is 36.4 Å². The lowest BCUT2D eigenvalue weighted by Crippen LogP contribution is -2.34. The third-order valence-corrected chi connectivity index (χ3v) is 5.39. The summed E-state index contributed by atoms with van der Waals surface area (Å²) in [5, 5.41) is 11.2. The van der Waals surface area contributed by atoms with Crippen LogP contribution in [0.15, 0.2) is 36.4 Å². The number of nitro benzene ring substituents is 1. The average molecular weight is 412 g/mol. The number of rotatable bonds is 5. The van der Waals surface area contributed by atoms with Crippen molar-refractivity contribution in [3.63, 3.8) is 0 Å². The number of carbonyl (C=O) groups excluding carboxylic acids is 1. The lowest BCUT2D eigenvalue weighted by atomic mass is 10.0. The van der Waals surface area contributed by atoms with Gasteiger partial charge in [-0.05, 0) is 49.1 Å². The van der Waals surface area contributed by atoms with Crippen molar-refractivity contribution >= 4 is 11.6 Å². The standard InChI is InChI=1S/C22H24N2O6/c1-15-5-7-18(24(26)27)20(12-15)30-14-22(25)23-9-2-4-17(23)16-6-8-19-21(13-16)29-11-3-10-28-19/h5-8,12-13,17H,2-4,9-11,14H2,1H3/t17-/m0/s1. The van der Waals surface area contributed by atoms with E-state index in [1.807, 2.05) is 25.1 Å². The Balaban J connectivity index is 1.48. The van der Waals surface area contributed by atoms with E-state index < -0.39 is 4.92 Å². The lowest BCUT2D eigenvalue weighted by molar-refractivity contribution is -0.385. The van der Waals surface area contributed by atoms with Crippen molar-refractivity contribution in [2.45, 2.75) is 32.2 Å². The van der Waals surface area contributed by atoms with E-state index in [9.17, 15) is 14.9 Å². The highest BCUT2D eigenvalue weighted by Crippen LogP contribution is 2.38. The molecule has 30 heavy (non-hydrogen) atoms. The maximum absolute atomic E-state index is 12.9. The van der Waals surface area contributed by atoms with Gasteiger partial charge in [-0.3, -0.25) is 14.9 Å². The molecule has 2 aromatic carbocycles. The molecule has 158 valence electrons. The number of hydrogen-bond acceptors (Lipinski definition) is 6. The monoisotopic (exact) mass is 412 g/mol. The first kappa shape index (κ1) is 20.0. The highest BCUT2D eigenvalue weighted by molar-refractivity contribution is 5.79. The van der Waals surface area contributed by atoms with Crippen LogP contribution >= 0.6 is 0 Å². The fourth-order valence-corrected chi connectivity index (χ4v) is 3.91. The number of aryl methyl sites for hydroxylation is 1. The summed E-state index contributed by atoms with van der Waals surface area (Å²) in [6, 6.07) is 10.4. The summed E-state index contributed by atoms with van der Waals surface area (Å²) in [6.45, 7) is 3.43. The zero-order valence-electron chi connectivity index (χ0n) is 16.8. The van der Waals surface area contributed by atoms with Crippen LogP contribution < -0.4 is 14.2 Å². The molecular formula is C22H24N2O6. The topological polar surface area (TPSA) is 91.1 Å². The van der Waals surface area contributed by atoms with Crippen molar-refractivity contribution < 1.29 is 23.9 Å². The molecule has 4 rings (SSSR count). The molecular weight excluding hydrogens is 388 g/mol. The SMILES string of the molecule is Cc1ccc([N+](=O)[O-])c(OCC(=O)N2CCC[C@H]2c2ccc3c(c2)OCCCO3)c1. The molecule has 2 aliphatic rings. The molecule has 1 fully saturated rings. The number of benzene rings is 2. The van der Waals surface area contributed by atoms with Crippen molar-refractivity contribution in [2.24, 2.45) is 0 Å². The Bertz CT molecular complexity index is 961. The molecule has 2 aromatic rings. The van der Waals surface area contributed by atoms with Gasteiger partial charge in [0, 0.05) is 19.0 Å². The lowest BCUT2D eigenvalue weighted by Gasteiger charge is -2.25. The van der Waals surface area contributed by atoms with Gasteiger partial charge in [0.2, 0.25) is 0 Å². The second-order valence-electron chi connectivity index (χ2n) is 7.52. The number of carbonyl (C=O) groups is 1. The van der Waals surface area contributed by atoms with Gasteiger partial charge in [0.05, 0.1) is 24.2 Å². The van der Waals surface area contributed by atoms with E-state index in [1.54, 1.807) is 17.0 Å². The Morgan fingerprint density at radius 1 is 1.17 bits per heavy atom. The fourth-order valence-electron chi connectivity index (χ4n) is 3.91. The van der Waals surface area contributed by atoms with E-state index in [-0.39, 0.29) is 30.0 Å². The van der Waals surface area contributed by atoms with Gasteiger partial charge >= 0.3 is 5.69 Å². The van der Waals surface area contributed by atoms with E-state index in [4.69, 9.17) is 14.2 Å². The maximum Gasteiger partial charge on any atom is 0.310 e. The van der Waals surface area contributed by atoms with E-state index in [1.165, 1.54) is 6.07 Å². The van der Waals surface area contributed by atoms with Crippen LogP contribution in [0.25, 0.3) is 0 Å². The van der Waals surface area contributed by atoms with E-state index in [0.717, 1.165) is 36.1 Å². The number of likely N-dealkylation sites (tertiary alicyclic amines) is 1. The molecule has 0 N–H and O–H groups in total. The Hall–Kier alpha value is -3.29. The second kappa shape index (κ2) is 8.61. The third-order valence-electron chi connectivity index (χ3n) is 5.39. The van der Waals surface area contributed by atoms with Gasteiger partial charge in [0.25, 0.3) is 5.91 Å². The second-order valence-corrected chi connectivity index (χ2v) is 7.52. The van der Waals surface area contributed by atoms with Crippen LogP contribution in [-0.2, 0) is 4.79 Å². The highest BCUT2D eigenvalue weighted by atomic mass is 16.6. The summed E-state index contributed by atoms with van der Waals surface area (Å²) < 4.78 is 17.0. The van der Waals surface area contributed by atoms with Gasteiger partial charge in [-0.15, -0.1) is 0 Å². The first-order chi connectivity index (χ1) is 14.5. The molecule has 0 aliphatic carbocycles. The van der Waals surface area contributed by atoms with Gasteiger partial charge in [0.15, 0.2) is 23.9 Å². The molecule has 0 spiro atoms. The number of ether oxygens (including phenoxy) is 3. The Morgan fingerprint density at radius 3 is 2.77 bits per heavy atom. The summed E-state index contributed by atoms with van der Waals surface area (Å²) in [5.41, 5.74) is 1.68. The largest absolute Gasteiger partial charge is 0.490 e. The minimum absolute atomic E-state index is 0.0780. The number of fused-ring (bicyclic) bond motifs is 1. The van der Waals surface area contributed by atoms with Crippen LogP contribution in [0.2, 0.25) is 0 Å². The number of hydrogen-bond donors (Lipinski definition) is 0. The Morgan fingerprint density at radius 2 is 1.97 bits per heavy atom. The molecule has 0 radical (unpaired) electrons. The zero-order chi connectivity index (χ0) is 21.1. The minimum Gasteiger partial charge on any atom is -0.490 e. The number of nitro groups is 1. The molecule has 2 aliphatic heterocycles. The molecule has 0 unspecified atom stereocenters. The molecule has 0 saturated carbocycles. The predicted octanol–water partition coefficient (Wildman–Crippen LogP) is 3.81. The molecule has 8 nitrogen and oxygen atoms in total. The molecule has 1 saturated heterocycles. The molecule has 2 heterocycles. The molecule has 1 amide bonds. The van der Waals surface area contributed by atoms with Gasteiger partial charge in [-0.2, -0.15) is 0 Å². The molecule has 0 bridgehead atoms. The van der Waals surface area contributed by atoms with Gasteiger partial charge in [0.1, 0.15) is 0 Å². The van der Waals surface area contributed by atoms with Crippen LogP contribution in [-0.4, -0.2) is 42.1 Å². The van der Waals surface area contributed by atoms with E-state index >= 15 is 0 Å². The summed E-state index contributed by atoms with van der Waals surface area (Å²) in [6.07, 6.45) is 2.56. The van der Waals surface area contributed by atoms with Crippen LogP contribution in [0.5, 0.6) is 17.2 Å². The van der Waals surface area contributed by atoms with Gasteiger partial charge < -0.3 is 19.1 Å². The summed E-state index contributed by atoms with van der Waals surface area (Å²) in [7, 11) is 0. The Labute approximate surface area is 174 Å². The number of amides is 1. The van der Waals surface area contributed by atoms with Crippen LogP contribution in [0.4, 0.5) is 5.69 Å².